The van der Waals surface area contributed by atoms with Crippen molar-refractivity contribution in [2.24, 2.45) is 0 Å². The summed E-state index contributed by atoms with van der Waals surface area (Å²) in [4.78, 5) is 34.6. The van der Waals surface area contributed by atoms with E-state index in [1.54, 1.807) is 4.90 Å². The van der Waals surface area contributed by atoms with Gasteiger partial charge in [0.2, 0.25) is 5.95 Å². The summed E-state index contributed by atoms with van der Waals surface area (Å²) in [6.07, 6.45) is 3.84. The van der Waals surface area contributed by atoms with E-state index in [-0.39, 0.29) is 12.1 Å². The summed E-state index contributed by atoms with van der Waals surface area (Å²) in [5.74, 6) is 1.17. The van der Waals surface area contributed by atoms with Crippen LogP contribution in [0.2, 0.25) is 5.02 Å². The number of anilines is 5. The van der Waals surface area contributed by atoms with Gasteiger partial charge in [-0.2, -0.15) is 4.98 Å². The topological polar surface area (TPSA) is 71.1 Å². The summed E-state index contributed by atoms with van der Waals surface area (Å²) in [6.45, 7) is 11.8. The van der Waals surface area contributed by atoms with Gasteiger partial charge in [-0.15, -0.1) is 0 Å². The second kappa shape index (κ2) is 11.8. The smallest absolute Gasteiger partial charge is 0.330 e. The number of hydrogen-bond donors (Lipinski definition) is 1. The maximum Gasteiger partial charge on any atom is 0.330 e. The third-order valence-electron chi connectivity index (χ3n) is 8.43. The van der Waals surface area contributed by atoms with E-state index in [4.69, 9.17) is 16.6 Å². The van der Waals surface area contributed by atoms with Crippen LogP contribution in [0.15, 0.2) is 48.7 Å². The molecule has 1 atom stereocenters. The van der Waals surface area contributed by atoms with E-state index in [0.29, 0.717) is 29.0 Å². The number of para-hydroxylation sites is 1. The van der Waals surface area contributed by atoms with Gasteiger partial charge < -0.3 is 20.0 Å². The van der Waals surface area contributed by atoms with Gasteiger partial charge in [-0.1, -0.05) is 30.7 Å². The minimum Gasteiger partial charge on any atom is -0.369 e. The molecule has 10 heteroatoms. The van der Waals surface area contributed by atoms with Crippen molar-refractivity contribution in [3.63, 3.8) is 0 Å². The van der Waals surface area contributed by atoms with E-state index in [9.17, 15) is 4.79 Å². The Kier molecular flexibility index (Phi) is 8.01. The molecule has 2 amide bonds. The van der Waals surface area contributed by atoms with Crippen LogP contribution < -0.4 is 20.0 Å². The Morgan fingerprint density at radius 2 is 1.85 bits per heavy atom. The Labute approximate surface area is 247 Å². The number of carbonyl (C=O) groups is 1. The first-order chi connectivity index (χ1) is 19.9. The van der Waals surface area contributed by atoms with Gasteiger partial charge in [-0.05, 0) is 69.3 Å². The van der Waals surface area contributed by atoms with E-state index >= 15 is 0 Å². The Balaban J connectivity index is 1.28. The normalized spacial score (nSPS) is 20.0. The minimum absolute atomic E-state index is 0.0333. The first kappa shape index (κ1) is 27.8. The van der Waals surface area contributed by atoms with Gasteiger partial charge in [0.15, 0.2) is 0 Å². The van der Waals surface area contributed by atoms with Gasteiger partial charge in [-0.25, -0.2) is 9.78 Å². The molecular formula is C31H39ClN8O. The number of fused-ring (bicyclic) bond motifs is 1. The van der Waals surface area contributed by atoms with Crippen LogP contribution in [0.3, 0.4) is 0 Å². The lowest BCUT2D eigenvalue weighted by molar-refractivity contribution is 0.246. The average molecular weight is 575 g/mol. The van der Waals surface area contributed by atoms with Gasteiger partial charge in [0.05, 0.1) is 23.3 Å². The summed E-state index contributed by atoms with van der Waals surface area (Å²) in [5.41, 5.74) is 5.03. The third kappa shape index (κ3) is 5.71. The molecule has 6 rings (SSSR count). The molecule has 3 aliphatic rings. The molecule has 3 aliphatic heterocycles. The zero-order chi connectivity index (χ0) is 28.5. The molecule has 0 saturated carbocycles. The SMILES string of the molecule is CCCN1CC[C@H](N2C(=O)N(c3ccccc3Cl)Cc3cnc(Nc4ccc(N5CCN(C)CC5)c(C)c4)nc32)C1. The highest BCUT2D eigenvalue weighted by atomic mass is 35.5. The number of nitrogens with one attached hydrogen (secondary N) is 1. The van der Waals surface area contributed by atoms with Crippen LogP contribution in [-0.4, -0.2) is 84.7 Å². The first-order valence-corrected chi connectivity index (χ1v) is 15.0. The molecule has 4 heterocycles. The maximum absolute atomic E-state index is 14.1. The van der Waals surface area contributed by atoms with Crippen molar-refractivity contribution in [2.45, 2.75) is 39.3 Å². The monoisotopic (exact) mass is 574 g/mol. The molecule has 1 N–H and O–H groups in total. The van der Waals surface area contributed by atoms with Gasteiger partial charge in [0.25, 0.3) is 0 Å². The number of halogens is 1. The second-order valence-corrected chi connectivity index (χ2v) is 11.8. The van der Waals surface area contributed by atoms with Crippen molar-refractivity contribution in [3.8, 4) is 0 Å². The highest BCUT2D eigenvalue weighted by Crippen LogP contribution is 2.37. The van der Waals surface area contributed by atoms with E-state index < -0.39 is 0 Å². The van der Waals surface area contributed by atoms with Crippen LogP contribution in [0.1, 0.15) is 30.9 Å². The van der Waals surface area contributed by atoms with Crippen molar-refractivity contribution in [3.05, 3.63) is 64.8 Å². The number of carbonyl (C=O) groups excluding carboxylic acids is 1. The van der Waals surface area contributed by atoms with Gasteiger partial charge in [-0.3, -0.25) is 9.80 Å². The Bertz CT molecular complexity index is 1410. The fourth-order valence-corrected chi connectivity index (χ4v) is 6.47. The molecule has 0 aliphatic carbocycles. The largest absolute Gasteiger partial charge is 0.369 e. The second-order valence-electron chi connectivity index (χ2n) is 11.4. The number of aromatic nitrogens is 2. The summed E-state index contributed by atoms with van der Waals surface area (Å²) in [6, 6.07) is 13.9. The van der Waals surface area contributed by atoms with Crippen LogP contribution in [0.5, 0.6) is 0 Å². The minimum atomic E-state index is -0.0917. The number of urea groups is 1. The molecule has 2 saturated heterocycles. The predicted molar refractivity (Wildman–Crippen MR) is 167 cm³/mol. The number of hydrogen-bond acceptors (Lipinski definition) is 7. The Hall–Kier alpha value is -3.40. The maximum atomic E-state index is 14.1. The highest BCUT2D eigenvalue weighted by Gasteiger charge is 2.40. The predicted octanol–water partition coefficient (Wildman–Crippen LogP) is 5.36. The summed E-state index contributed by atoms with van der Waals surface area (Å²) in [7, 11) is 2.17. The lowest BCUT2D eigenvalue weighted by atomic mass is 10.1. The molecule has 41 heavy (non-hydrogen) atoms. The molecule has 3 aromatic rings. The lowest BCUT2D eigenvalue weighted by Crippen LogP contribution is -2.53. The summed E-state index contributed by atoms with van der Waals surface area (Å²) >= 11 is 6.55. The number of benzene rings is 2. The third-order valence-corrected chi connectivity index (χ3v) is 8.75. The summed E-state index contributed by atoms with van der Waals surface area (Å²) < 4.78 is 0. The highest BCUT2D eigenvalue weighted by molar-refractivity contribution is 6.34. The van der Waals surface area contributed by atoms with Crippen molar-refractivity contribution in [1.29, 1.82) is 0 Å². The number of likely N-dealkylation sites (N-methyl/N-ethyl adjacent to an activating group) is 1. The molecule has 2 aromatic carbocycles. The standard InChI is InChI=1S/C31H39ClN8O/c1-4-12-37-13-11-25(21-37)40-29-23(20-39(31(40)41)28-8-6-5-7-26(28)32)19-33-30(35-29)34-24-9-10-27(22(2)18-24)38-16-14-36(3)15-17-38/h5-10,18-19,25H,4,11-17,20-21H2,1-3H3,(H,33,34,35)/t25-/m0/s1. The number of likely N-dealkylation sites (tertiary alicyclic amines) is 1. The molecule has 0 bridgehead atoms. The zero-order valence-corrected chi connectivity index (χ0v) is 24.9. The lowest BCUT2D eigenvalue weighted by Gasteiger charge is -2.39. The number of amides is 2. The van der Waals surface area contributed by atoms with E-state index in [0.717, 1.165) is 69.9 Å². The molecule has 216 valence electrons. The van der Waals surface area contributed by atoms with Crippen molar-refractivity contribution in [1.82, 2.24) is 19.8 Å². The van der Waals surface area contributed by atoms with Crippen LogP contribution in [0.25, 0.3) is 0 Å². The Morgan fingerprint density at radius 3 is 2.61 bits per heavy atom. The fraction of sp³-hybridized carbons (Fsp3) is 0.452. The van der Waals surface area contributed by atoms with Crippen LogP contribution in [0.4, 0.5) is 33.6 Å². The van der Waals surface area contributed by atoms with Crippen molar-refractivity contribution < 1.29 is 4.79 Å². The van der Waals surface area contributed by atoms with Crippen LogP contribution >= 0.6 is 11.6 Å². The number of piperazine rings is 1. The molecule has 0 unspecified atom stereocenters. The van der Waals surface area contributed by atoms with Crippen LogP contribution in [-0.2, 0) is 6.54 Å². The molecule has 0 radical (unpaired) electrons. The Morgan fingerprint density at radius 1 is 1.05 bits per heavy atom. The van der Waals surface area contributed by atoms with Gasteiger partial charge >= 0.3 is 6.03 Å². The number of rotatable bonds is 7. The van der Waals surface area contributed by atoms with Gasteiger partial charge in [0, 0.05) is 62.4 Å². The quantitative estimate of drug-likeness (QED) is 0.407. The average Bonchev–Trinajstić information content (AvgIpc) is 3.42. The molecular weight excluding hydrogens is 536 g/mol. The fourth-order valence-electron chi connectivity index (χ4n) is 6.23. The first-order valence-electron chi connectivity index (χ1n) is 14.7. The van der Waals surface area contributed by atoms with E-state index in [1.165, 1.54) is 11.3 Å². The molecule has 2 fully saturated rings. The summed E-state index contributed by atoms with van der Waals surface area (Å²) in [5, 5.41) is 3.96. The van der Waals surface area contributed by atoms with E-state index in [2.05, 4.69) is 64.1 Å². The molecule has 9 nitrogen and oxygen atoms in total. The van der Waals surface area contributed by atoms with E-state index in [1.807, 2.05) is 35.4 Å². The zero-order valence-electron chi connectivity index (χ0n) is 24.2. The number of nitrogens with zero attached hydrogens (tertiary/aromatic N) is 7. The van der Waals surface area contributed by atoms with Crippen molar-refractivity contribution >= 4 is 46.5 Å². The van der Waals surface area contributed by atoms with Crippen LogP contribution in [0, 0.1) is 6.92 Å². The van der Waals surface area contributed by atoms with Gasteiger partial charge in [0.1, 0.15) is 5.82 Å². The number of aryl methyl sites for hydroxylation is 1. The molecule has 0 spiro atoms. The molecule has 1 aromatic heterocycles. The van der Waals surface area contributed by atoms with Crippen molar-refractivity contribution in [2.75, 3.05) is 72.9 Å².